The Morgan fingerprint density at radius 2 is 1.78 bits per heavy atom. The van der Waals surface area contributed by atoms with Crippen molar-refractivity contribution < 1.29 is 0 Å². The van der Waals surface area contributed by atoms with Crippen LogP contribution in [0.15, 0.2) is 30.3 Å². The van der Waals surface area contributed by atoms with Gasteiger partial charge in [0.05, 0.1) is 5.69 Å². The van der Waals surface area contributed by atoms with Crippen LogP contribution in [-0.2, 0) is 5.41 Å². The summed E-state index contributed by atoms with van der Waals surface area (Å²) < 4.78 is 0. The average molecular weight is 260 g/mol. The van der Waals surface area contributed by atoms with E-state index in [2.05, 4.69) is 52.0 Å². The van der Waals surface area contributed by atoms with E-state index >= 15 is 0 Å². The molecule has 0 aliphatic heterocycles. The van der Waals surface area contributed by atoms with Crippen LogP contribution in [0, 0.1) is 0 Å². The minimum atomic E-state index is 0.0629. The molecular formula is C15H20N2S. The van der Waals surface area contributed by atoms with Crippen molar-refractivity contribution in [2.75, 3.05) is 5.73 Å². The second-order valence-corrected chi connectivity index (χ2v) is 6.68. The highest BCUT2D eigenvalue weighted by Crippen LogP contribution is 2.36. The monoisotopic (exact) mass is 260 g/mol. The van der Waals surface area contributed by atoms with E-state index in [1.807, 2.05) is 6.07 Å². The van der Waals surface area contributed by atoms with Crippen LogP contribution in [0.25, 0.3) is 0 Å². The average Bonchev–Trinajstić information content (AvgIpc) is 2.71. The largest absolute Gasteiger partial charge is 0.389 e. The zero-order valence-electron chi connectivity index (χ0n) is 11.4. The standard InChI is InChI=1S/C15H20N2S/c1-10(11-8-6-5-7-9-11)12-13(16)18-14(17-12)15(2,3)4/h5-10H,16H2,1-4H3. The molecule has 2 aromatic rings. The molecule has 0 saturated heterocycles. The minimum absolute atomic E-state index is 0.0629. The van der Waals surface area contributed by atoms with Crippen LogP contribution in [-0.4, -0.2) is 4.98 Å². The van der Waals surface area contributed by atoms with E-state index in [0.29, 0.717) is 0 Å². The van der Waals surface area contributed by atoms with E-state index in [1.165, 1.54) is 5.56 Å². The van der Waals surface area contributed by atoms with Crippen molar-refractivity contribution >= 4 is 16.3 Å². The summed E-state index contributed by atoms with van der Waals surface area (Å²) in [6.07, 6.45) is 0. The maximum Gasteiger partial charge on any atom is 0.110 e. The summed E-state index contributed by atoms with van der Waals surface area (Å²) in [5.41, 5.74) is 8.46. The van der Waals surface area contributed by atoms with Gasteiger partial charge < -0.3 is 5.73 Å². The predicted molar refractivity (Wildman–Crippen MR) is 79.2 cm³/mol. The lowest BCUT2D eigenvalue weighted by Crippen LogP contribution is -2.11. The van der Waals surface area contributed by atoms with Crippen molar-refractivity contribution in [1.29, 1.82) is 0 Å². The molecule has 96 valence electrons. The highest BCUT2D eigenvalue weighted by atomic mass is 32.1. The van der Waals surface area contributed by atoms with Crippen molar-refractivity contribution in [2.24, 2.45) is 0 Å². The Labute approximate surface area is 113 Å². The summed E-state index contributed by atoms with van der Waals surface area (Å²) in [5, 5.41) is 1.95. The molecule has 0 saturated carbocycles. The topological polar surface area (TPSA) is 38.9 Å². The lowest BCUT2D eigenvalue weighted by molar-refractivity contribution is 0.582. The van der Waals surface area contributed by atoms with Crippen LogP contribution in [0.5, 0.6) is 0 Å². The quantitative estimate of drug-likeness (QED) is 0.880. The van der Waals surface area contributed by atoms with E-state index in [4.69, 9.17) is 10.7 Å². The molecule has 2 rings (SSSR count). The lowest BCUT2D eigenvalue weighted by Gasteiger charge is -2.14. The molecule has 1 heterocycles. The fourth-order valence-corrected chi connectivity index (χ4v) is 2.86. The second kappa shape index (κ2) is 4.73. The molecule has 0 aliphatic rings. The van der Waals surface area contributed by atoms with Gasteiger partial charge in [-0.2, -0.15) is 0 Å². The summed E-state index contributed by atoms with van der Waals surface area (Å²) >= 11 is 1.61. The summed E-state index contributed by atoms with van der Waals surface area (Å²) in [5.74, 6) is 0.249. The van der Waals surface area contributed by atoms with Gasteiger partial charge in [-0.15, -0.1) is 11.3 Å². The third kappa shape index (κ3) is 2.56. The van der Waals surface area contributed by atoms with Gasteiger partial charge in [0.15, 0.2) is 0 Å². The van der Waals surface area contributed by atoms with E-state index in [-0.39, 0.29) is 11.3 Å². The first-order valence-corrected chi connectivity index (χ1v) is 7.03. The summed E-state index contributed by atoms with van der Waals surface area (Å²) in [7, 11) is 0. The van der Waals surface area contributed by atoms with Gasteiger partial charge in [-0.25, -0.2) is 4.98 Å². The number of nitrogen functional groups attached to an aromatic ring is 1. The highest BCUT2D eigenvalue weighted by Gasteiger charge is 2.23. The van der Waals surface area contributed by atoms with Gasteiger partial charge in [0.2, 0.25) is 0 Å². The number of nitrogens with zero attached hydrogens (tertiary/aromatic N) is 1. The Morgan fingerprint density at radius 1 is 1.17 bits per heavy atom. The fourth-order valence-electron chi connectivity index (χ4n) is 1.87. The molecule has 1 unspecified atom stereocenters. The predicted octanol–water partition coefficient (Wildman–Crippen LogP) is 4.17. The molecule has 1 aromatic heterocycles. The van der Waals surface area contributed by atoms with Crippen molar-refractivity contribution in [2.45, 2.75) is 39.0 Å². The lowest BCUT2D eigenvalue weighted by atomic mass is 9.96. The minimum Gasteiger partial charge on any atom is -0.389 e. The molecule has 18 heavy (non-hydrogen) atoms. The van der Waals surface area contributed by atoms with Crippen molar-refractivity contribution in [3.8, 4) is 0 Å². The maximum absolute atomic E-state index is 6.13. The number of thiazole rings is 1. The molecule has 3 heteroatoms. The molecule has 0 spiro atoms. The molecule has 1 atom stereocenters. The van der Waals surface area contributed by atoms with Crippen molar-refractivity contribution in [3.05, 3.63) is 46.6 Å². The SMILES string of the molecule is CC(c1ccccc1)c1nc(C(C)(C)C)sc1N. The number of rotatable bonds is 2. The number of hydrogen-bond donors (Lipinski definition) is 1. The van der Waals surface area contributed by atoms with Crippen LogP contribution >= 0.6 is 11.3 Å². The normalized spacial score (nSPS) is 13.6. The van der Waals surface area contributed by atoms with Crippen LogP contribution < -0.4 is 5.73 Å². The van der Waals surface area contributed by atoms with Gasteiger partial charge in [-0.1, -0.05) is 58.0 Å². The van der Waals surface area contributed by atoms with Gasteiger partial charge >= 0.3 is 0 Å². The van der Waals surface area contributed by atoms with Crippen LogP contribution in [0.1, 0.15) is 49.9 Å². The molecule has 1 aromatic carbocycles. The molecular weight excluding hydrogens is 240 g/mol. The smallest absolute Gasteiger partial charge is 0.110 e. The zero-order chi connectivity index (χ0) is 13.3. The summed E-state index contributed by atoms with van der Waals surface area (Å²) in [6, 6.07) is 10.4. The third-order valence-corrected chi connectivity index (χ3v) is 4.36. The Kier molecular flexibility index (Phi) is 3.44. The molecule has 2 N–H and O–H groups in total. The highest BCUT2D eigenvalue weighted by molar-refractivity contribution is 7.15. The first-order chi connectivity index (χ1) is 8.39. The molecule has 0 amide bonds. The fraction of sp³-hybridized carbons (Fsp3) is 0.400. The second-order valence-electron chi connectivity index (χ2n) is 5.65. The Balaban J connectivity index is 2.37. The first-order valence-electron chi connectivity index (χ1n) is 6.21. The third-order valence-electron chi connectivity index (χ3n) is 3.03. The molecule has 0 bridgehead atoms. The van der Waals surface area contributed by atoms with E-state index < -0.39 is 0 Å². The van der Waals surface area contributed by atoms with E-state index in [9.17, 15) is 0 Å². The van der Waals surface area contributed by atoms with Gasteiger partial charge in [-0.3, -0.25) is 0 Å². The molecule has 0 aliphatic carbocycles. The van der Waals surface area contributed by atoms with Crippen molar-refractivity contribution in [3.63, 3.8) is 0 Å². The maximum atomic E-state index is 6.13. The molecule has 0 radical (unpaired) electrons. The Bertz CT molecular complexity index is 523. The number of benzene rings is 1. The van der Waals surface area contributed by atoms with Crippen LogP contribution in [0.3, 0.4) is 0 Å². The van der Waals surface area contributed by atoms with Crippen molar-refractivity contribution in [1.82, 2.24) is 4.98 Å². The molecule has 2 nitrogen and oxygen atoms in total. The number of aromatic nitrogens is 1. The van der Waals surface area contributed by atoms with Gasteiger partial charge in [0.1, 0.15) is 10.0 Å². The zero-order valence-corrected chi connectivity index (χ0v) is 12.2. The van der Waals surface area contributed by atoms with Crippen LogP contribution in [0.2, 0.25) is 0 Å². The van der Waals surface area contributed by atoms with E-state index in [0.717, 1.165) is 15.7 Å². The Hall–Kier alpha value is -1.35. The number of anilines is 1. The first kappa shape index (κ1) is 13.1. The Morgan fingerprint density at radius 3 is 2.28 bits per heavy atom. The number of nitrogens with two attached hydrogens (primary N) is 1. The van der Waals surface area contributed by atoms with E-state index in [1.54, 1.807) is 11.3 Å². The number of hydrogen-bond acceptors (Lipinski definition) is 3. The summed E-state index contributed by atoms with van der Waals surface area (Å²) in [4.78, 5) is 4.75. The van der Waals surface area contributed by atoms with Gasteiger partial charge in [0, 0.05) is 11.3 Å². The van der Waals surface area contributed by atoms with Gasteiger partial charge in [0.25, 0.3) is 0 Å². The van der Waals surface area contributed by atoms with Crippen LogP contribution in [0.4, 0.5) is 5.00 Å². The molecule has 0 fully saturated rings. The van der Waals surface area contributed by atoms with Gasteiger partial charge in [-0.05, 0) is 5.56 Å². The summed E-state index contributed by atoms with van der Waals surface area (Å²) in [6.45, 7) is 8.67.